The molecule has 3 heteroatoms. The Morgan fingerprint density at radius 3 is 2.75 bits per heavy atom. The summed E-state index contributed by atoms with van der Waals surface area (Å²) in [7, 11) is 0. The van der Waals surface area contributed by atoms with Crippen molar-refractivity contribution in [1.29, 1.82) is 0 Å². The van der Waals surface area contributed by atoms with Crippen molar-refractivity contribution in [2.75, 3.05) is 0 Å². The molecule has 2 unspecified atom stereocenters. The molecule has 3 aliphatic rings. The highest BCUT2D eigenvalue weighted by Crippen LogP contribution is 2.47. The lowest BCUT2D eigenvalue weighted by molar-refractivity contribution is 0.495. The Bertz CT molecular complexity index is 1060. The molecule has 1 saturated carbocycles. The van der Waals surface area contributed by atoms with Crippen LogP contribution in [0.3, 0.4) is 0 Å². The highest BCUT2D eigenvalue weighted by atomic mass is 15.1. The van der Waals surface area contributed by atoms with E-state index in [1.807, 2.05) is 0 Å². The molecule has 1 N–H and O–H groups in total. The summed E-state index contributed by atoms with van der Waals surface area (Å²) >= 11 is 0. The van der Waals surface area contributed by atoms with Gasteiger partial charge in [0, 0.05) is 53.5 Å². The van der Waals surface area contributed by atoms with Gasteiger partial charge in [0.05, 0.1) is 0 Å². The smallest absolute Gasteiger partial charge is 0.0489 e. The molecule has 6 rings (SSSR count). The van der Waals surface area contributed by atoms with Gasteiger partial charge in [-0.05, 0) is 86.3 Å². The van der Waals surface area contributed by atoms with Gasteiger partial charge in [-0.15, -0.1) is 0 Å². The average molecular weight is 372 g/mol. The van der Waals surface area contributed by atoms with E-state index in [-0.39, 0.29) is 0 Å². The average Bonchev–Trinajstić information content (AvgIpc) is 3.39. The van der Waals surface area contributed by atoms with E-state index in [9.17, 15) is 0 Å². The summed E-state index contributed by atoms with van der Waals surface area (Å²) < 4.78 is 2.65. The Labute approximate surface area is 167 Å². The van der Waals surface area contributed by atoms with Gasteiger partial charge in [0.15, 0.2) is 0 Å². The first-order valence-corrected chi connectivity index (χ1v) is 11.0. The summed E-state index contributed by atoms with van der Waals surface area (Å²) in [4.78, 5) is 4.50. The molecule has 2 aliphatic heterocycles. The second-order valence-corrected chi connectivity index (χ2v) is 9.22. The number of aryl methyl sites for hydroxylation is 4. The highest BCUT2D eigenvalue weighted by Gasteiger charge is 2.37. The van der Waals surface area contributed by atoms with Gasteiger partial charge < -0.3 is 9.88 Å². The third kappa shape index (κ3) is 2.56. The number of nitrogens with one attached hydrogen (secondary N) is 1. The summed E-state index contributed by atoms with van der Waals surface area (Å²) in [6.07, 6.45) is 9.66. The number of hydrogen-bond donors (Lipinski definition) is 1. The van der Waals surface area contributed by atoms with Crippen LogP contribution in [0.2, 0.25) is 0 Å². The zero-order chi connectivity index (χ0) is 18.8. The molecule has 2 fully saturated rings. The Morgan fingerprint density at radius 2 is 1.96 bits per heavy atom. The molecule has 144 valence electrons. The van der Waals surface area contributed by atoms with Crippen LogP contribution in [-0.4, -0.2) is 15.6 Å². The second-order valence-electron chi connectivity index (χ2n) is 9.22. The van der Waals surface area contributed by atoms with Crippen LogP contribution in [0, 0.1) is 13.8 Å². The maximum Gasteiger partial charge on any atom is 0.0489 e. The maximum absolute atomic E-state index is 4.50. The first-order chi connectivity index (χ1) is 13.7. The molecule has 1 saturated heterocycles. The van der Waals surface area contributed by atoms with E-state index in [1.54, 1.807) is 27.8 Å². The first-order valence-electron chi connectivity index (χ1n) is 11.0. The minimum Gasteiger partial charge on any atom is -0.344 e. The standard InChI is InChI=1S/C25H29N3/c1-15-3-4-17(14-26-15)11-12-28-22-10-8-20(18-5-6-18)16(2)24(22)25-21-9-7-19(27-21)13-23(25)28/h3-4,8,10,14,18-19,21,27H,5-7,9,11-13H2,1-2H3. The van der Waals surface area contributed by atoms with Gasteiger partial charge in [0.1, 0.15) is 0 Å². The Morgan fingerprint density at radius 1 is 1.07 bits per heavy atom. The van der Waals surface area contributed by atoms with Crippen molar-refractivity contribution in [1.82, 2.24) is 14.9 Å². The van der Waals surface area contributed by atoms with E-state index in [0.29, 0.717) is 12.1 Å². The van der Waals surface area contributed by atoms with Crippen LogP contribution in [0.15, 0.2) is 30.5 Å². The molecule has 3 aromatic rings. The SMILES string of the molecule is Cc1ccc(CCn2c3c(c4c(C)c(C5CC5)ccc42)C2CCC(C3)N2)cn1. The zero-order valence-electron chi connectivity index (χ0n) is 17.0. The fourth-order valence-corrected chi connectivity index (χ4v) is 5.73. The zero-order valence-corrected chi connectivity index (χ0v) is 17.0. The molecular formula is C25H29N3. The van der Waals surface area contributed by atoms with Crippen LogP contribution in [0.25, 0.3) is 10.9 Å². The summed E-state index contributed by atoms with van der Waals surface area (Å²) in [6, 6.07) is 10.5. The molecule has 1 aromatic carbocycles. The first kappa shape index (κ1) is 16.8. The van der Waals surface area contributed by atoms with Gasteiger partial charge in [-0.1, -0.05) is 12.1 Å². The number of pyridine rings is 1. The molecule has 4 heterocycles. The van der Waals surface area contributed by atoms with Crippen LogP contribution in [0.5, 0.6) is 0 Å². The fourth-order valence-electron chi connectivity index (χ4n) is 5.73. The number of hydrogen-bond acceptors (Lipinski definition) is 2. The quantitative estimate of drug-likeness (QED) is 0.690. The molecule has 0 radical (unpaired) electrons. The molecule has 3 nitrogen and oxygen atoms in total. The van der Waals surface area contributed by atoms with Crippen LogP contribution in [0.4, 0.5) is 0 Å². The monoisotopic (exact) mass is 371 g/mol. The lowest BCUT2D eigenvalue weighted by Gasteiger charge is -2.24. The minimum atomic E-state index is 0.562. The predicted molar refractivity (Wildman–Crippen MR) is 114 cm³/mol. The normalized spacial score (nSPS) is 23.4. The van der Waals surface area contributed by atoms with Crippen molar-refractivity contribution < 1.29 is 0 Å². The molecule has 2 atom stereocenters. The Kier molecular flexibility index (Phi) is 3.71. The highest BCUT2D eigenvalue weighted by molar-refractivity contribution is 5.91. The summed E-state index contributed by atoms with van der Waals surface area (Å²) in [6.45, 7) is 5.49. The van der Waals surface area contributed by atoms with Crippen LogP contribution >= 0.6 is 0 Å². The summed E-state index contributed by atoms with van der Waals surface area (Å²) in [5.74, 6) is 0.815. The molecule has 1 aliphatic carbocycles. The van der Waals surface area contributed by atoms with Crippen LogP contribution in [-0.2, 0) is 19.4 Å². The third-order valence-electron chi connectivity index (χ3n) is 7.32. The largest absolute Gasteiger partial charge is 0.344 e. The number of aromatic nitrogens is 2. The molecule has 0 spiro atoms. The summed E-state index contributed by atoms with van der Waals surface area (Å²) in [5, 5.41) is 5.47. The maximum atomic E-state index is 4.50. The van der Waals surface area contributed by atoms with Gasteiger partial charge in [0.25, 0.3) is 0 Å². The molecular weight excluding hydrogens is 342 g/mol. The Hall–Kier alpha value is -2.13. The van der Waals surface area contributed by atoms with Gasteiger partial charge in [-0.25, -0.2) is 0 Å². The molecule has 2 bridgehead atoms. The molecule has 0 amide bonds. The second kappa shape index (κ2) is 6.18. The number of fused-ring (bicyclic) bond motifs is 6. The minimum absolute atomic E-state index is 0.562. The van der Waals surface area contributed by atoms with Crippen molar-refractivity contribution >= 4 is 10.9 Å². The van der Waals surface area contributed by atoms with Crippen molar-refractivity contribution in [2.24, 2.45) is 0 Å². The van der Waals surface area contributed by atoms with Crippen molar-refractivity contribution in [3.05, 3.63) is 64.1 Å². The summed E-state index contributed by atoms with van der Waals surface area (Å²) in [5.41, 5.74) is 10.3. The van der Waals surface area contributed by atoms with Crippen molar-refractivity contribution in [2.45, 2.75) is 76.9 Å². The van der Waals surface area contributed by atoms with E-state index >= 15 is 0 Å². The van der Waals surface area contributed by atoms with E-state index in [4.69, 9.17) is 0 Å². The van der Waals surface area contributed by atoms with Gasteiger partial charge >= 0.3 is 0 Å². The van der Waals surface area contributed by atoms with Gasteiger partial charge in [0.2, 0.25) is 0 Å². The van der Waals surface area contributed by atoms with Crippen LogP contribution < -0.4 is 5.32 Å². The number of nitrogens with zero attached hydrogens (tertiary/aromatic N) is 2. The van der Waals surface area contributed by atoms with Crippen molar-refractivity contribution in [3.63, 3.8) is 0 Å². The fraction of sp³-hybridized carbons (Fsp3) is 0.480. The van der Waals surface area contributed by atoms with Gasteiger partial charge in [-0.2, -0.15) is 0 Å². The molecule has 2 aromatic heterocycles. The van der Waals surface area contributed by atoms with Gasteiger partial charge in [-0.3, -0.25) is 4.98 Å². The van der Waals surface area contributed by atoms with Crippen molar-refractivity contribution in [3.8, 4) is 0 Å². The lowest BCUT2D eigenvalue weighted by atomic mass is 9.93. The van der Waals surface area contributed by atoms with Crippen LogP contribution in [0.1, 0.15) is 71.3 Å². The lowest BCUT2D eigenvalue weighted by Crippen LogP contribution is -2.32. The predicted octanol–water partition coefficient (Wildman–Crippen LogP) is 5.12. The third-order valence-corrected chi connectivity index (χ3v) is 7.32. The topological polar surface area (TPSA) is 29.9 Å². The number of rotatable bonds is 4. The number of benzene rings is 1. The Balaban J connectivity index is 1.47. The van der Waals surface area contributed by atoms with E-state index in [2.05, 4.69) is 59.2 Å². The van der Waals surface area contributed by atoms with E-state index in [0.717, 1.165) is 24.6 Å². The van der Waals surface area contributed by atoms with E-state index in [1.165, 1.54) is 43.2 Å². The molecule has 28 heavy (non-hydrogen) atoms. The van der Waals surface area contributed by atoms with E-state index < -0.39 is 0 Å².